The van der Waals surface area contributed by atoms with Crippen LogP contribution in [-0.4, -0.2) is 143 Å². The van der Waals surface area contributed by atoms with Crippen LogP contribution < -0.4 is 71.6 Å². The van der Waals surface area contributed by atoms with E-state index in [1.54, 1.807) is 0 Å². The zero-order chi connectivity index (χ0) is 48.2. The third kappa shape index (κ3) is 22.7. The lowest BCUT2D eigenvalue weighted by molar-refractivity contribution is -0.142. The van der Waals surface area contributed by atoms with Crippen LogP contribution in [0.1, 0.15) is 89.7 Å². The first-order chi connectivity index (χ1) is 30.3. The fourth-order valence-corrected chi connectivity index (χ4v) is 5.98. The fraction of sp³-hybridized carbons (Fsp3) is 0.658. The summed E-state index contributed by atoms with van der Waals surface area (Å²) in [4.78, 5) is 134. The summed E-state index contributed by atoms with van der Waals surface area (Å²) in [6.07, 6.45) is 4.49. The Morgan fingerprint density at radius 3 is 1.64 bits per heavy atom. The van der Waals surface area contributed by atoms with Crippen molar-refractivity contribution in [1.82, 2.24) is 47.2 Å². The van der Waals surface area contributed by atoms with Gasteiger partial charge in [0.25, 0.3) is 0 Å². The summed E-state index contributed by atoms with van der Waals surface area (Å²) in [5, 5.41) is 26.5. The van der Waals surface area contributed by atoms with E-state index >= 15 is 0 Å². The molecule has 64 heavy (non-hydrogen) atoms. The second-order valence-electron chi connectivity index (χ2n) is 15.1. The summed E-state index contributed by atoms with van der Waals surface area (Å²) < 4.78 is 0. The first-order valence-electron chi connectivity index (χ1n) is 21.0. The van der Waals surface area contributed by atoms with Crippen molar-refractivity contribution < 1.29 is 53.1 Å². The summed E-state index contributed by atoms with van der Waals surface area (Å²) in [5.74, 6) is -9.00. The zero-order valence-electron chi connectivity index (χ0n) is 36.2. The molecule has 0 radical (unpaired) electrons. The van der Waals surface area contributed by atoms with Gasteiger partial charge in [-0.3, -0.25) is 43.2 Å². The molecule has 0 spiro atoms. The van der Waals surface area contributed by atoms with Gasteiger partial charge >= 0.3 is 5.97 Å². The number of H-pyrrole nitrogens is 1. The first kappa shape index (κ1) is 55.8. The SMILES string of the molecule is C[C@H](NC(=O)[C@H](CC(N)=O)NC(=O)[C@@H](N)CCCCN)C(=O)N[C@@H](Cc1cnc[nH]1)C(=O)N[C@@H](CCCCN)C(=O)N[C@@H](CCCCN)C(=O)NCC(=O)N[C@@H](CCC(N)=O)C(=O)O. The predicted octanol–water partition coefficient (Wildman–Crippen LogP) is -6.06. The van der Waals surface area contributed by atoms with Crippen molar-refractivity contribution in [1.29, 1.82) is 0 Å². The summed E-state index contributed by atoms with van der Waals surface area (Å²) in [6, 6.07) is -9.22. The Bertz CT molecular complexity index is 1700. The predicted molar refractivity (Wildman–Crippen MR) is 229 cm³/mol. The number of rotatable bonds is 34. The number of amides is 9. The van der Waals surface area contributed by atoms with E-state index in [-0.39, 0.29) is 51.6 Å². The maximum Gasteiger partial charge on any atom is 0.326 e. The molecular weight excluding hydrogens is 843 g/mol. The molecule has 1 rings (SSSR count). The lowest BCUT2D eigenvalue weighted by Gasteiger charge is -2.26. The van der Waals surface area contributed by atoms with Crippen LogP contribution in [0.2, 0.25) is 0 Å². The fourth-order valence-electron chi connectivity index (χ4n) is 5.98. The number of carboxylic acids is 1. The van der Waals surface area contributed by atoms with E-state index < -0.39 is 114 Å². The van der Waals surface area contributed by atoms with Gasteiger partial charge in [0.1, 0.15) is 36.3 Å². The van der Waals surface area contributed by atoms with Crippen LogP contribution in [0.25, 0.3) is 0 Å². The van der Waals surface area contributed by atoms with Crippen molar-refractivity contribution in [3.8, 4) is 0 Å². The number of carboxylic acid groups (broad SMARTS) is 1. The minimum Gasteiger partial charge on any atom is -0.480 e. The van der Waals surface area contributed by atoms with Gasteiger partial charge in [-0.05, 0) is 84.3 Å². The van der Waals surface area contributed by atoms with Crippen LogP contribution in [0, 0.1) is 0 Å². The van der Waals surface area contributed by atoms with Gasteiger partial charge in [-0.2, -0.15) is 0 Å². The standard InChI is InChI=1S/C38H67N15O11/c1-21(48-36(61)28(17-30(44)55)53-33(58)23(42)8-2-5-13-39)32(57)52-27(16-22-18-45-20-47-22)37(62)51-25(10-4-7-15-41)35(60)50-24(9-3-6-14-40)34(59)46-19-31(56)49-26(38(63)64)11-12-29(43)54/h18,20-21,23-28H,2-17,19,39-42H2,1H3,(H2,43,54)(H2,44,55)(H,45,47)(H,46,59)(H,48,61)(H,49,56)(H,50,60)(H,51,62)(H,52,57)(H,53,58)(H,63,64)/t21-,23-,24-,25-,26-,27-,28-/m0/s1. The second kappa shape index (κ2) is 30.7. The van der Waals surface area contributed by atoms with Crippen LogP contribution in [-0.2, 0) is 54.4 Å². The average Bonchev–Trinajstić information content (AvgIpc) is 3.75. The molecule has 1 aromatic rings. The number of aromatic nitrogens is 2. The molecule has 0 unspecified atom stereocenters. The third-order valence-electron chi connectivity index (χ3n) is 9.60. The molecule has 7 atom stereocenters. The van der Waals surface area contributed by atoms with Gasteiger partial charge in [-0.15, -0.1) is 0 Å². The van der Waals surface area contributed by atoms with Crippen molar-refractivity contribution in [3.05, 3.63) is 18.2 Å². The summed E-state index contributed by atoms with van der Waals surface area (Å²) in [7, 11) is 0. The largest absolute Gasteiger partial charge is 0.480 e. The lowest BCUT2D eigenvalue weighted by atomic mass is 10.0. The molecule has 0 aliphatic carbocycles. The van der Waals surface area contributed by atoms with Crippen LogP contribution in [0.5, 0.6) is 0 Å². The number of carbonyl (C=O) groups is 10. The Morgan fingerprint density at radius 1 is 0.609 bits per heavy atom. The van der Waals surface area contributed by atoms with Gasteiger partial charge in [0, 0.05) is 24.7 Å². The van der Waals surface area contributed by atoms with Gasteiger partial charge in [0.15, 0.2) is 0 Å². The molecule has 0 saturated heterocycles. The highest BCUT2D eigenvalue weighted by Crippen LogP contribution is 2.08. The highest BCUT2D eigenvalue weighted by Gasteiger charge is 2.33. The molecule has 1 heterocycles. The minimum absolute atomic E-state index is 0.0387. The van der Waals surface area contributed by atoms with E-state index in [0.29, 0.717) is 50.8 Å². The lowest BCUT2D eigenvalue weighted by Crippen LogP contribution is -2.59. The van der Waals surface area contributed by atoms with Crippen molar-refractivity contribution in [3.63, 3.8) is 0 Å². The Kier molecular flexibility index (Phi) is 26.8. The van der Waals surface area contributed by atoms with Crippen LogP contribution in [0.3, 0.4) is 0 Å². The quantitative estimate of drug-likeness (QED) is 0.0286. The number of primary amides is 2. The molecule has 26 nitrogen and oxygen atoms in total. The van der Waals surface area contributed by atoms with Gasteiger partial charge < -0.3 is 81.7 Å². The monoisotopic (exact) mass is 910 g/mol. The van der Waals surface area contributed by atoms with E-state index in [4.69, 9.17) is 34.4 Å². The Hall–Kier alpha value is -6.25. The maximum atomic E-state index is 14.0. The van der Waals surface area contributed by atoms with Gasteiger partial charge in [-0.1, -0.05) is 6.42 Å². The van der Waals surface area contributed by atoms with E-state index in [9.17, 15) is 53.1 Å². The maximum absolute atomic E-state index is 14.0. The normalized spacial score (nSPS) is 14.2. The van der Waals surface area contributed by atoms with E-state index in [1.165, 1.54) is 19.4 Å². The van der Waals surface area contributed by atoms with Gasteiger partial charge in [-0.25, -0.2) is 9.78 Å². The number of aromatic amines is 1. The van der Waals surface area contributed by atoms with E-state index in [2.05, 4.69) is 47.2 Å². The van der Waals surface area contributed by atoms with Crippen LogP contribution in [0.4, 0.5) is 0 Å². The topological polar surface area (TPSA) is 460 Å². The molecule has 360 valence electrons. The molecule has 9 amide bonds. The minimum atomic E-state index is -1.49. The highest BCUT2D eigenvalue weighted by molar-refractivity contribution is 5.98. The number of hydrogen-bond acceptors (Lipinski definition) is 15. The molecule has 26 heteroatoms. The van der Waals surface area contributed by atoms with Crippen molar-refractivity contribution in [2.75, 3.05) is 26.2 Å². The molecule has 0 aromatic carbocycles. The molecule has 0 fully saturated rings. The summed E-state index contributed by atoms with van der Waals surface area (Å²) >= 11 is 0. The van der Waals surface area contributed by atoms with Crippen LogP contribution in [0.15, 0.2) is 12.5 Å². The Morgan fingerprint density at radius 2 is 1.12 bits per heavy atom. The number of nitrogens with two attached hydrogens (primary N) is 6. The van der Waals surface area contributed by atoms with Crippen molar-refractivity contribution in [2.45, 2.75) is 133 Å². The number of nitrogens with zero attached hydrogens (tertiary/aromatic N) is 1. The van der Waals surface area contributed by atoms with Crippen LogP contribution >= 0.6 is 0 Å². The highest BCUT2D eigenvalue weighted by atomic mass is 16.4. The molecule has 1 aromatic heterocycles. The number of aliphatic carboxylic acids is 1. The molecular formula is C38H67N15O11. The number of hydrogen-bond donors (Lipinski definition) is 15. The van der Waals surface area contributed by atoms with E-state index in [1.807, 2.05) is 0 Å². The third-order valence-corrected chi connectivity index (χ3v) is 9.60. The second-order valence-corrected chi connectivity index (χ2v) is 15.1. The Balaban J connectivity index is 3.23. The van der Waals surface area contributed by atoms with Gasteiger partial charge in [0.05, 0.1) is 25.3 Å². The first-order valence-corrected chi connectivity index (χ1v) is 21.0. The number of imidazole rings is 1. The summed E-state index contributed by atoms with van der Waals surface area (Å²) in [6.45, 7) is 1.52. The average molecular weight is 910 g/mol. The number of unbranched alkanes of at least 4 members (excludes halogenated alkanes) is 3. The Labute approximate surface area is 370 Å². The molecule has 0 aliphatic heterocycles. The van der Waals surface area contributed by atoms with Crippen molar-refractivity contribution >= 4 is 59.1 Å². The molecule has 0 saturated carbocycles. The zero-order valence-corrected chi connectivity index (χ0v) is 36.2. The molecule has 0 aliphatic rings. The molecule has 21 N–H and O–H groups in total. The number of nitrogens with one attached hydrogen (secondary N) is 8. The summed E-state index contributed by atoms with van der Waals surface area (Å²) in [5.41, 5.74) is 33.5. The van der Waals surface area contributed by atoms with Gasteiger partial charge in [0.2, 0.25) is 53.2 Å². The smallest absolute Gasteiger partial charge is 0.326 e. The molecule has 0 bridgehead atoms. The number of carbonyl (C=O) groups excluding carboxylic acids is 9. The van der Waals surface area contributed by atoms with Crippen molar-refractivity contribution in [2.24, 2.45) is 34.4 Å². The van der Waals surface area contributed by atoms with E-state index in [0.717, 1.165) is 0 Å².